The third kappa shape index (κ3) is 3.68. The molecular formula is C12H16F2O2. The van der Waals surface area contributed by atoms with Gasteiger partial charge in [0.25, 0.3) is 0 Å². The molecule has 0 amide bonds. The molecule has 0 heterocycles. The normalized spacial score (nSPS) is 10.6. The summed E-state index contributed by atoms with van der Waals surface area (Å²) in [5.41, 5.74) is 0.985. The third-order valence-electron chi connectivity index (χ3n) is 2.34. The molecule has 1 aromatic carbocycles. The maximum atomic E-state index is 12.0. The fourth-order valence-corrected chi connectivity index (χ4v) is 1.50. The Kier molecular flexibility index (Phi) is 5.02. The summed E-state index contributed by atoms with van der Waals surface area (Å²) in [6.45, 7) is 0. The predicted molar refractivity (Wildman–Crippen MR) is 58.5 cm³/mol. The number of aryl methyl sites for hydroxylation is 1. The molecule has 0 aliphatic carbocycles. The van der Waals surface area contributed by atoms with E-state index in [-0.39, 0.29) is 6.42 Å². The molecule has 0 fully saturated rings. The second-order valence-corrected chi connectivity index (χ2v) is 3.47. The lowest BCUT2D eigenvalue weighted by Crippen LogP contribution is -1.95. The Hall–Kier alpha value is -1.32. The molecule has 4 heteroatoms. The topological polar surface area (TPSA) is 18.5 Å². The molecule has 0 radical (unpaired) electrons. The molecule has 0 atom stereocenters. The molecule has 0 spiro atoms. The predicted octanol–water partition coefficient (Wildman–Crippen LogP) is 3.29. The van der Waals surface area contributed by atoms with Gasteiger partial charge in [-0.05, 0) is 30.5 Å². The van der Waals surface area contributed by atoms with Crippen LogP contribution in [0.25, 0.3) is 0 Å². The Balaban J connectivity index is 2.60. The average Bonchev–Trinajstić information content (AvgIpc) is 2.28. The van der Waals surface area contributed by atoms with E-state index in [1.165, 1.54) is 0 Å². The molecule has 16 heavy (non-hydrogen) atoms. The van der Waals surface area contributed by atoms with E-state index in [1.54, 1.807) is 20.3 Å². The van der Waals surface area contributed by atoms with Crippen LogP contribution in [-0.4, -0.2) is 20.6 Å². The van der Waals surface area contributed by atoms with Crippen molar-refractivity contribution in [3.63, 3.8) is 0 Å². The minimum absolute atomic E-state index is 0.0612. The van der Waals surface area contributed by atoms with Crippen LogP contribution in [0, 0.1) is 0 Å². The SMILES string of the molecule is COc1ccc(CCCC(F)F)cc1OC. The smallest absolute Gasteiger partial charge is 0.238 e. The lowest BCUT2D eigenvalue weighted by molar-refractivity contribution is 0.135. The van der Waals surface area contributed by atoms with E-state index in [0.29, 0.717) is 24.3 Å². The van der Waals surface area contributed by atoms with Gasteiger partial charge in [0.05, 0.1) is 14.2 Å². The number of hydrogen-bond acceptors (Lipinski definition) is 2. The quantitative estimate of drug-likeness (QED) is 0.746. The Labute approximate surface area is 94.2 Å². The number of methoxy groups -OCH3 is 2. The van der Waals surface area contributed by atoms with Crippen molar-refractivity contribution in [2.75, 3.05) is 14.2 Å². The van der Waals surface area contributed by atoms with Crippen LogP contribution in [0.4, 0.5) is 8.78 Å². The minimum Gasteiger partial charge on any atom is -0.493 e. The number of benzene rings is 1. The highest BCUT2D eigenvalue weighted by Crippen LogP contribution is 2.28. The van der Waals surface area contributed by atoms with Crippen molar-refractivity contribution in [3.05, 3.63) is 23.8 Å². The summed E-state index contributed by atoms with van der Waals surface area (Å²) < 4.78 is 34.1. The molecular weight excluding hydrogens is 214 g/mol. The zero-order valence-corrected chi connectivity index (χ0v) is 9.50. The molecule has 2 nitrogen and oxygen atoms in total. The molecule has 0 aliphatic heterocycles. The highest BCUT2D eigenvalue weighted by molar-refractivity contribution is 5.42. The minimum atomic E-state index is -2.22. The number of rotatable bonds is 6. The summed E-state index contributed by atoms with van der Waals surface area (Å²) in [6, 6.07) is 5.48. The van der Waals surface area contributed by atoms with Crippen molar-refractivity contribution >= 4 is 0 Å². The molecule has 0 saturated carbocycles. The van der Waals surface area contributed by atoms with E-state index in [4.69, 9.17) is 9.47 Å². The highest BCUT2D eigenvalue weighted by Gasteiger charge is 2.06. The molecule has 1 rings (SSSR count). The highest BCUT2D eigenvalue weighted by atomic mass is 19.3. The molecule has 0 bridgehead atoms. The van der Waals surface area contributed by atoms with Crippen molar-refractivity contribution in [1.29, 1.82) is 0 Å². The summed E-state index contributed by atoms with van der Waals surface area (Å²) in [4.78, 5) is 0. The van der Waals surface area contributed by atoms with Crippen LogP contribution in [0.2, 0.25) is 0 Å². The van der Waals surface area contributed by atoms with Gasteiger partial charge in [0.1, 0.15) is 0 Å². The van der Waals surface area contributed by atoms with Gasteiger partial charge in [-0.2, -0.15) is 0 Å². The first-order valence-corrected chi connectivity index (χ1v) is 5.16. The van der Waals surface area contributed by atoms with E-state index in [2.05, 4.69) is 0 Å². The number of ether oxygens (including phenoxy) is 2. The summed E-state index contributed by atoms with van der Waals surface area (Å²) in [7, 11) is 3.12. The molecule has 0 N–H and O–H groups in total. The lowest BCUT2D eigenvalue weighted by atomic mass is 10.1. The average molecular weight is 230 g/mol. The van der Waals surface area contributed by atoms with Crippen molar-refractivity contribution in [2.24, 2.45) is 0 Å². The maximum absolute atomic E-state index is 12.0. The number of halogens is 2. The van der Waals surface area contributed by atoms with Crippen LogP contribution >= 0.6 is 0 Å². The number of alkyl halides is 2. The molecule has 0 unspecified atom stereocenters. The molecule has 0 aromatic heterocycles. The van der Waals surface area contributed by atoms with Gasteiger partial charge in [0, 0.05) is 6.42 Å². The van der Waals surface area contributed by atoms with Gasteiger partial charge in [0.2, 0.25) is 6.43 Å². The van der Waals surface area contributed by atoms with Crippen molar-refractivity contribution in [2.45, 2.75) is 25.7 Å². The van der Waals surface area contributed by atoms with Crippen molar-refractivity contribution in [3.8, 4) is 11.5 Å². The van der Waals surface area contributed by atoms with Gasteiger partial charge in [-0.3, -0.25) is 0 Å². The molecule has 1 aromatic rings. The number of hydrogen-bond donors (Lipinski definition) is 0. The van der Waals surface area contributed by atoms with Crippen LogP contribution in [0.5, 0.6) is 11.5 Å². The van der Waals surface area contributed by atoms with Crippen LogP contribution in [-0.2, 0) is 6.42 Å². The Morgan fingerprint density at radius 2 is 1.81 bits per heavy atom. The van der Waals surface area contributed by atoms with Crippen LogP contribution in [0.3, 0.4) is 0 Å². The summed E-state index contributed by atoms with van der Waals surface area (Å²) in [5, 5.41) is 0. The van der Waals surface area contributed by atoms with Crippen LogP contribution < -0.4 is 9.47 Å². The van der Waals surface area contributed by atoms with Crippen LogP contribution in [0.15, 0.2) is 18.2 Å². The monoisotopic (exact) mass is 230 g/mol. The molecule has 90 valence electrons. The Morgan fingerprint density at radius 3 is 2.38 bits per heavy atom. The first-order chi connectivity index (χ1) is 7.67. The largest absolute Gasteiger partial charge is 0.493 e. The fourth-order valence-electron chi connectivity index (χ4n) is 1.50. The van der Waals surface area contributed by atoms with E-state index >= 15 is 0 Å². The lowest BCUT2D eigenvalue weighted by Gasteiger charge is -2.09. The zero-order valence-electron chi connectivity index (χ0n) is 9.50. The summed E-state index contributed by atoms with van der Waals surface area (Å²) in [6.07, 6.45) is -1.17. The van der Waals surface area contributed by atoms with Gasteiger partial charge in [-0.1, -0.05) is 6.07 Å². The van der Waals surface area contributed by atoms with E-state index in [1.807, 2.05) is 12.1 Å². The van der Waals surface area contributed by atoms with E-state index in [9.17, 15) is 8.78 Å². The van der Waals surface area contributed by atoms with Gasteiger partial charge in [-0.25, -0.2) is 8.78 Å². The summed E-state index contributed by atoms with van der Waals surface area (Å²) >= 11 is 0. The maximum Gasteiger partial charge on any atom is 0.238 e. The zero-order chi connectivity index (χ0) is 12.0. The van der Waals surface area contributed by atoms with Gasteiger partial charge in [-0.15, -0.1) is 0 Å². The third-order valence-corrected chi connectivity index (χ3v) is 2.34. The van der Waals surface area contributed by atoms with Gasteiger partial charge in [0.15, 0.2) is 11.5 Å². The molecule has 0 aliphatic rings. The van der Waals surface area contributed by atoms with E-state index in [0.717, 1.165) is 5.56 Å². The second-order valence-electron chi connectivity index (χ2n) is 3.47. The second kappa shape index (κ2) is 6.30. The fraction of sp³-hybridized carbons (Fsp3) is 0.500. The first-order valence-electron chi connectivity index (χ1n) is 5.16. The van der Waals surface area contributed by atoms with Crippen LogP contribution in [0.1, 0.15) is 18.4 Å². The van der Waals surface area contributed by atoms with E-state index < -0.39 is 6.43 Å². The summed E-state index contributed by atoms with van der Waals surface area (Å²) in [5.74, 6) is 1.29. The molecule has 0 saturated heterocycles. The van der Waals surface area contributed by atoms with Gasteiger partial charge < -0.3 is 9.47 Å². The Bertz CT molecular complexity index is 327. The standard InChI is InChI=1S/C12H16F2O2/c1-15-10-7-6-9(8-11(10)16-2)4-3-5-12(13)14/h6-8,12H,3-5H2,1-2H3. The van der Waals surface area contributed by atoms with Crippen molar-refractivity contribution < 1.29 is 18.3 Å². The Morgan fingerprint density at radius 1 is 1.12 bits per heavy atom. The van der Waals surface area contributed by atoms with Gasteiger partial charge >= 0.3 is 0 Å². The first kappa shape index (κ1) is 12.7. The van der Waals surface area contributed by atoms with Crippen molar-refractivity contribution in [1.82, 2.24) is 0 Å².